The first-order valence-electron chi connectivity index (χ1n) is 8.59. The number of ether oxygens (including phenoxy) is 1. The van der Waals surface area contributed by atoms with Crippen molar-refractivity contribution < 1.29 is 14.3 Å². The number of benzene rings is 1. The minimum atomic E-state index is -0.427. The zero-order chi connectivity index (χ0) is 20.1. The summed E-state index contributed by atoms with van der Waals surface area (Å²) < 4.78 is 6.79. The van der Waals surface area contributed by atoms with E-state index in [9.17, 15) is 14.9 Å². The molecular formula is C21H23N3O3. The molecule has 0 fully saturated rings. The van der Waals surface area contributed by atoms with Gasteiger partial charge >= 0.3 is 5.97 Å². The predicted octanol–water partition coefficient (Wildman–Crippen LogP) is 3.31. The summed E-state index contributed by atoms with van der Waals surface area (Å²) in [6, 6.07) is 10.9. The number of aromatic nitrogens is 1. The molecule has 0 spiro atoms. The number of nitrogens with one attached hydrogen (secondary N) is 1. The molecule has 0 aliphatic carbocycles. The van der Waals surface area contributed by atoms with Gasteiger partial charge in [0.05, 0.1) is 18.4 Å². The number of esters is 1. The highest BCUT2D eigenvalue weighted by molar-refractivity contribution is 6.02. The van der Waals surface area contributed by atoms with Crippen LogP contribution in [0, 0.1) is 25.2 Å². The van der Waals surface area contributed by atoms with E-state index in [-0.39, 0.29) is 11.6 Å². The quantitative estimate of drug-likeness (QED) is 0.500. The van der Waals surface area contributed by atoms with Gasteiger partial charge in [0.1, 0.15) is 11.6 Å². The number of carbonyl (C=O) groups excluding carboxylic acids is 2. The Morgan fingerprint density at radius 2 is 1.93 bits per heavy atom. The van der Waals surface area contributed by atoms with Gasteiger partial charge in [-0.15, -0.1) is 0 Å². The van der Waals surface area contributed by atoms with Crippen LogP contribution in [0.15, 0.2) is 35.9 Å². The summed E-state index contributed by atoms with van der Waals surface area (Å²) in [5.41, 5.74) is 3.58. The molecule has 0 radical (unpaired) electrons. The van der Waals surface area contributed by atoms with Crippen LogP contribution in [0.2, 0.25) is 0 Å². The van der Waals surface area contributed by atoms with E-state index >= 15 is 0 Å². The largest absolute Gasteiger partial charge is 0.465 e. The average molecular weight is 365 g/mol. The van der Waals surface area contributed by atoms with Crippen LogP contribution in [-0.4, -0.2) is 29.6 Å². The zero-order valence-electron chi connectivity index (χ0n) is 16.2. The predicted molar refractivity (Wildman–Crippen MR) is 103 cm³/mol. The zero-order valence-corrected chi connectivity index (χ0v) is 16.2. The van der Waals surface area contributed by atoms with E-state index in [1.807, 2.05) is 56.5 Å². The molecule has 1 amide bonds. The Kier molecular flexibility index (Phi) is 6.19. The van der Waals surface area contributed by atoms with Gasteiger partial charge in [-0.25, -0.2) is 4.79 Å². The third-order valence-corrected chi connectivity index (χ3v) is 4.11. The number of para-hydroxylation sites is 1. The summed E-state index contributed by atoms with van der Waals surface area (Å²) in [5, 5.41) is 12.1. The molecule has 0 unspecified atom stereocenters. The molecule has 0 saturated heterocycles. The van der Waals surface area contributed by atoms with Crippen LogP contribution in [0.25, 0.3) is 11.8 Å². The van der Waals surface area contributed by atoms with E-state index in [1.165, 1.54) is 7.11 Å². The van der Waals surface area contributed by atoms with E-state index < -0.39 is 11.9 Å². The molecule has 1 aromatic heterocycles. The number of methoxy groups -OCH3 is 1. The van der Waals surface area contributed by atoms with Gasteiger partial charge < -0.3 is 14.6 Å². The molecule has 6 heteroatoms. The van der Waals surface area contributed by atoms with Gasteiger partial charge in [-0.1, -0.05) is 12.1 Å². The SMILES string of the molecule is COC(=O)c1ccccc1-n1c(C)cc(/C=C(/C#N)C(=O)NC(C)C)c1C. The van der Waals surface area contributed by atoms with Crippen molar-refractivity contribution >= 4 is 18.0 Å². The molecule has 27 heavy (non-hydrogen) atoms. The third-order valence-electron chi connectivity index (χ3n) is 4.11. The van der Waals surface area contributed by atoms with E-state index in [0.29, 0.717) is 11.3 Å². The lowest BCUT2D eigenvalue weighted by molar-refractivity contribution is -0.117. The molecular weight excluding hydrogens is 342 g/mol. The fraction of sp³-hybridized carbons (Fsp3) is 0.286. The first-order valence-corrected chi connectivity index (χ1v) is 8.59. The summed E-state index contributed by atoms with van der Waals surface area (Å²) in [6.07, 6.45) is 1.57. The summed E-state index contributed by atoms with van der Waals surface area (Å²) in [4.78, 5) is 24.3. The first kappa shape index (κ1) is 20.0. The normalized spacial score (nSPS) is 11.2. The third kappa shape index (κ3) is 4.26. The molecule has 2 rings (SSSR count). The van der Waals surface area contributed by atoms with Gasteiger partial charge in [0, 0.05) is 17.4 Å². The van der Waals surface area contributed by atoms with Crippen molar-refractivity contribution in [1.82, 2.24) is 9.88 Å². The highest BCUT2D eigenvalue weighted by Crippen LogP contribution is 2.25. The standard InChI is InChI=1S/C21H23N3O3/c1-13(2)23-20(25)17(12-22)11-16-10-14(3)24(15(16)4)19-9-7-6-8-18(19)21(26)27-5/h6-11,13H,1-5H3,(H,23,25)/b17-11-. The lowest BCUT2D eigenvalue weighted by Crippen LogP contribution is -2.30. The van der Waals surface area contributed by atoms with Crippen molar-refractivity contribution in [2.24, 2.45) is 0 Å². The van der Waals surface area contributed by atoms with Gasteiger partial charge in [-0.05, 0) is 57.5 Å². The minimum Gasteiger partial charge on any atom is -0.465 e. The van der Waals surface area contributed by atoms with Gasteiger partial charge in [0.2, 0.25) is 0 Å². The molecule has 1 N–H and O–H groups in total. The Bertz CT molecular complexity index is 946. The molecule has 0 bridgehead atoms. The molecule has 1 aromatic carbocycles. The smallest absolute Gasteiger partial charge is 0.339 e. The second kappa shape index (κ2) is 8.37. The van der Waals surface area contributed by atoms with Crippen LogP contribution >= 0.6 is 0 Å². The van der Waals surface area contributed by atoms with E-state index in [1.54, 1.807) is 18.2 Å². The molecule has 0 saturated carbocycles. The molecule has 0 atom stereocenters. The van der Waals surface area contributed by atoms with Crippen LogP contribution in [0.1, 0.15) is 41.2 Å². The van der Waals surface area contributed by atoms with E-state index in [4.69, 9.17) is 4.74 Å². The molecule has 1 heterocycles. The Hall–Kier alpha value is -3.33. The van der Waals surface area contributed by atoms with Crippen molar-refractivity contribution in [1.29, 1.82) is 5.26 Å². The van der Waals surface area contributed by atoms with Crippen molar-refractivity contribution in [3.8, 4) is 11.8 Å². The number of amides is 1. The molecule has 6 nitrogen and oxygen atoms in total. The lowest BCUT2D eigenvalue weighted by atomic mass is 10.1. The summed E-state index contributed by atoms with van der Waals surface area (Å²) in [7, 11) is 1.34. The second-order valence-electron chi connectivity index (χ2n) is 6.47. The number of hydrogen-bond acceptors (Lipinski definition) is 4. The Balaban J connectivity index is 2.56. The van der Waals surface area contributed by atoms with Crippen molar-refractivity contribution in [2.45, 2.75) is 33.7 Å². The minimum absolute atomic E-state index is 0.0326. The number of nitrogens with zero attached hydrogens (tertiary/aromatic N) is 2. The second-order valence-corrected chi connectivity index (χ2v) is 6.47. The molecule has 140 valence electrons. The topological polar surface area (TPSA) is 84.1 Å². The monoisotopic (exact) mass is 365 g/mol. The average Bonchev–Trinajstić information content (AvgIpc) is 2.91. The van der Waals surface area contributed by atoms with E-state index in [0.717, 1.165) is 17.0 Å². The fourth-order valence-corrected chi connectivity index (χ4v) is 2.90. The van der Waals surface area contributed by atoms with Crippen molar-refractivity contribution in [2.75, 3.05) is 7.11 Å². The molecule has 0 aliphatic heterocycles. The van der Waals surface area contributed by atoms with Crippen LogP contribution < -0.4 is 5.32 Å². The van der Waals surface area contributed by atoms with E-state index in [2.05, 4.69) is 5.32 Å². The number of carbonyl (C=O) groups is 2. The van der Waals surface area contributed by atoms with Gasteiger partial charge in [-0.3, -0.25) is 4.79 Å². The molecule has 2 aromatic rings. The van der Waals surface area contributed by atoms with Gasteiger partial charge in [-0.2, -0.15) is 5.26 Å². The Morgan fingerprint density at radius 3 is 2.52 bits per heavy atom. The highest BCUT2D eigenvalue weighted by atomic mass is 16.5. The Labute approximate surface area is 159 Å². The number of aryl methyl sites for hydroxylation is 1. The van der Waals surface area contributed by atoms with Crippen molar-refractivity contribution in [3.63, 3.8) is 0 Å². The van der Waals surface area contributed by atoms with Crippen LogP contribution in [0.3, 0.4) is 0 Å². The van der Waals surface area contributed by atoms with Crippen molar-refractivity contribution in [3.05, 3.63) is 58.4 Å². The fourth-order valence-electron chi connectivity index (χ4n) is 2.90. The summed E-state index contributed by atoms with van der Waals surface area (Å²) >= 11 is 0. The van der Waals surface area contributed by atoms with Crippen LogP contribution in [0.4, 0.5) is 0 Å². The number of nitriles is 1. The summed E-state index contributed by atoms with van der Waals surface area (Å²) in [6.45, 7) is 7.45. The highest BCUT2D eigenvalue weighted by Gasteiger charge is 2.18. The lowest BCUT2D eigenvalue weighted by Gasteiger charge is -2.13. The van der Waals surface area contributed by atoms with Gasteiger partial charge in [0.25, 0.3) is 5.91 Å². The first-order chi connectivity index (χ1) is 12.8. The maximum atomic E-state index is 12.2. The molecule has 0 aliphatic rings. The van der Waals surface area contributed by atoms with Crippen LogP contribution in [-0.2, 0) is 9.53 Å². The number of rotatable bonds is 5. The van der Waals surface area contributed by atoms with Gasteiger partial charge in [0.15, 0.2) is 0 Å². The number of hydrogen-bond donors (Lipinski definition) is 1. The maximum absolute atomic E-state index is 12.2. The summed E-state index contributed by atoms with van der Waals surface area (Å²) in [5.74, 6) is -0.837. The van der Waals surface area contributed by atoms with Crippen LogP contribution in [0.5, 0.6) is 0 Å². The maximum Gasteiger partial charge on any atom is 0.339 e. The Morgan fingerprint density at radius 1 is 1.26 bits per heavy atom.